The van der Waals surface area contributed by atoms with Gasteiger partial charge in [0.1, 0.15) is 17.1 Å². The standard InChI is InChI=1S/C31H39N3O5S/c1-20-12-13-25-24(16-20)23(21(2)31(29(3,4)5)19-39-30(6,7)34(31)28(35)36)17-27(32-25)33-14-15-40(37,38)26-11-9-8-10-22(26)18-33/h8-13,16-17,37-38H,2,14-15,18-19H2,1,3-7H3,(H,35,36)/t31-/m0/s1. The van der Waals surface area contributed by atoms with Gasteiger partial charge < -0.3 is 14.7 Å². The van der Waals surface area contributed by atoms with Gasteiger partial charge in [-0.1, -0.05) is 57.2 Å². The number of ether oxygens (including phenoxy) is 1. The van der Waals surface area contributed by atoms with Gasteiger partial charge in [0.2, 0.25) is 0 Å². The highest BCUT2D eigenvalue weighted by atomic mass is 32.3. The molecule has 40 heavy (non-hydrogen) atoms. The number of anilines is 1. The fraction of sp³-hybridized carbons (Fsp3) is 0.419. The van der Waals surface area contributed by atoms with Crippen LogP contribution in [0.4, 0.5) is 10.6 Å². The van der Waals surface area contributed by atoms with Gasteiger partial charge in [-0.25, -0.2) is 9.78 Å². The van der Waals surface area contributed by atoms with E-state index in [1.165, 1.54) is 4.90 Å². The number of fused-ring (bicyclic) bond motifs is 2. The van der Waals surface area contributed by atoms with Gasteiger partial charge in [0.25, 0.3) is 0 Å². The molecule has 0 spiro atoms. The van der Waals surface area contributed by atoms with Crippen LogP contribution in [-0.2, 0) is 11.3 Å². The Hall–Kier alpha value is -3.11. The van der Waals surface area contributed by atoms with Gasteiger partial charge in [-0.2, -0.15) is 10.6 Å². The summed E-state index contributed by atoms with van der Waals surface area (Å²) in [6.07, 6.45) is -1.07. The van der Waals surface area contributed by atoms with Crippen molar-refractivity contribution in [2.45, 2.75) is 64.2 Å². The van der Waals surface area contributed by atoms with Crippen molar-refractivity contribution < 1.29 is 23.7 Å². The molecule has 1 atom stereocenters. The molecule has 214 valence electrons. The average Bonchev–Trinajstić information content (AvgIpc) is 3.10. The summed E-state index contributed by atoms with van der Waals surface area (Å²) < 4.78 is 28.0. The Kier molecular flexibility index (Phi) is 6.73. The molecule has 0 unspecified atom stereocenters. The summed E-state index contributed by atoms with van der Waals surface area (Å²) in [6, 6.07) is 15.4. The van der Waals surface area contributed by atoms with Gasteiger partial charge >= 0.3 is 6.09 Å². The molecule has 5 rings (SSSR count). The van der Waals surface area contributed by atoms with Crippen LogP contribution in [0.15, 0.2) is 60.0 Å². The Morgan fingerprint density at radius 1 is 1.12 bits per heavy atom. The lowest BCUT2D eigenvalue weighted by Crippen LogP contribution is -2.61. The Morgan fingerprint density at radius 3 is 2.50 bits per heavy atom. The number of pyridine rings is 1. The maximum absolute atomic E-state index is 12.8. The van der Waals surface area contributed by atoms with Crippen molar-refractivity contribution in [1.29, 1.82) is 0 Å². The molecule has 9 heteroatoms. The smallest absolute Gasteiger partial charge is 0.410 e. The molecule has 8 nitrogen and oxygen atoms in total. The van der Waals surface area contributed by atoms with Crippen LogP contribution in [0, 0.1) is 12.3 Å². The van der Waals surface area contributed by atoms with E-state index >= 15 is 0 Å². The highest BCUT2D eigenvalue weighted by molar-refractivity contribution is 8.24. The predicted molar refractivity (Wildman–Crippen MR) is 161 cm³/mol. The van der Waals surface area contributed by atoms with Crippen molar-refractivity contribution in [2.24, 2.45) is 5.41 Å². The van der Waals surface area contributed by atoms with Crippen LogP contribution in [-0.4, -0.2) is 60.4 Å². The Bertz CT molecular complexity index is 1510. The molecule has 3 N–H and O–H groups in total. The van der Waals surface area contributed by atoms with Crippen molar-refractivity contribution in [3.63, 3.8) is 0 Å². The van der Waals surface area contributed by atoms with Crippen LogP contribution < -0.4 is 4.90 Å². The third-order valence-electron chi connectivity index (χ3n) is 8.42. The SMILES string of the molecule is C=C(c1cc(N2CCS(O)(O)c3ccccc3C2)nc2ccc(C)cc12)[C@]1(C(C)(C)C)COC(C)(C)N1C(=O)O. The Morgan fingerprint density at radius 2 is 1.82 bits per heavy atom. The zero-order chi connectivity index (χ0) is 29.3. The number of carbonyl (C=O) groups is 1. The molecular formula is C31H39N3O5S. The van der Waals surface area contributed by atoms with Crippen LogP contribution in [0.3, 0.4) is 0 Å². The number of nitrogens with zero attached hydrogens (tertiary/aromatic N) is 3. The number of amides is 1. The summed E-state index contributed by atoms with van der Waals surface area (Å²) in [5.41, 5.74) is 1.44. The van der Waals surface area contributed by atoms with E-state index in [0.717, 1.165) is 27.6 Å². The summed E-state index contributed by atoms with van der Waals surface area (Å²) in [6.45, 7) is 17.2. The second kappa shape index (κ2) is 9.48. The van der Waals surface area contributed by atoms with E-state index in [2.05, 4.69) is 17.5 Å². The maximum Gasteiger partial charge on any atom is 0.410 e. The van der Waals surface area contributed by atoms with Crippen LogP contribution in [0.5, 0.6) is 0 Å². The molecule has 1 saturated heterocycles. The number of benzene rings is 2. The Balaban J connectivity index is 1.71. The Labute approximate surface area is 237 Å². The predicted octanol–water partition coefficient (Wildman–Crippen LogP) is 7.22. The molecule has 1 amide bonds. The average molecular weight is 566 g/mol. The van der Waals surface area contributed by atoms with Gasteiger partial charge in [-0.05, 0) is 67.2 Å². The summed E-state index contributed by atoms with van der Waals surface area (Å²) in [4.78, 5) is 21.9. The zero-order valence-corrected chi connectivity index (χ0v) is 24.9. The minimum absolute atomic E-state index is 0.164. The van der Waals surface area contributed by atoms with Gasteiger partial charge in [-0.15, -0.1) is 0 Å². The number of hydrogen-bond donors (Lipinski definition) is 3. The first-order valence-electron chi connectivity index (χ1n) is 13.5. The van der Waals surface area contributed by atoms with Crippen LogP contribution in [0.25, 0.3) is 16.5 Å². The number of hydrogen-bond acceptors (Lipinski definition) is 6. The highest BCUT2D eigenvalue weighted by Crippen LogP contribution is 2.54. The van der Waals surface area contributed by atoms with Crippen molar-refractivity contribution in [2.75, 3.05) is 23.8 Å². The van der Waals surface area contributed by atoms with E-state index in [4.69, 9.17) is 9.72 Å². The highest BCUT2D eigenvalue weighted by Gasteiger charge is 2.61. The molecule has 0 radical (unpaired) electrons. The normalized spacial score (nSPS) is 23.0. The number of aryl methyl sites for hydroxylation is 1. The quantitative estimate of drug-likeness (QED) is 0.308. The lowest BCUT2D eigenvalue weighted by atomic mass is 9.67. The van der Waals surface area contributed by atoms with Gasteiger partial charge in [0.05, 0.1) is 22.8 Å². The lowest BCUT2D eigenvalue weighted by molar-refractivity contribution is -0.0501. The summed E-state index contributed by atoms with van der Waals surface area (Å²) >= 11 is 0. The molecule has 0 bridgehead atoms. The van der Waals surface area contributed by atoms with E-state index in [0.29, 0.717) is 29.4 Å². The van der Waals surface area contributed by atoms with E-state index < -0.39 is 33.4 Å². The monoisotopic (exact) mass is 565 g/mol. The van der Waals surface area contributed by atoms with Crippen LogP contribution in [0.1, 0.15) is 51.3 Å². The second-order valence-electron chi connectivity index (χ2n) is 12.4. The molecule has 2 aliphatic rings. The largest absolute Gasteiger partial charge is 0.465 e. The molecule has 1 fully saturated rings. The van der Waals surface area contributed by atoms with E-state index in [1.807, 2.05) is 64.1 Å². The molecule has 3 aromatic rings. The third-order valence-corrected chi connectivity index (χ3v) is 10.3. The van der Waals surface area contributed by atoms with Crippen molar-refractivity contribution in [3.05, 3.63) is 71.8 Å². The van der Waals surface area contributed by atoms with Crippen LogP contribution in [0.2, 0.25) is 0 Å². The molecule has 1 aromatic heterocycles. The topological polar surface area (TPSA) is 106 Å². The fourth-order valence-corrected chi connectivity index (χ4v) is 7.78. The number of aromatic nitrogens is 1. The van der Waals surface area contributed by atoms with Crippen molar-refractivity contribution >= 4 is 39.0 Å². The summed E-state index contributed by atoms with van der Waals surface area (Å²) in [5, 5.41) is 11.4. The van der Waals surface area contributed by atoms with E-state index in [1.54, 1.807) is 19.9 Å². The maximum atomic E-state index is 12.8. The van der Waals surface area contributed by atoms with Gasteiger partial charge in [0.15, 0.2) is 0 Å². The molecule has 2 aromatic carbocycles. The third kappa shape index (κ3) is 4.45. The minimum atomic E-state index is -2.94. The first kappa shape index (κ1) is 28.4. The first-order valence-corrected chi connectivity index (χ1v) is 15.2. The fourth-order valence-electron chi connectivity index (χ4n) is 6.23. The molecule has 0 saturated carbocycles. The van der Waals surface area contributed by atoms with Crippen molar-refractivity contribution in [1.82, 2.24) is 9.88 Å². The van der Waals surface area contributed by atoms with E-state index in [9.17, 15) is 19.0 Å². The summed E-state index contributed by atoms with van der Waals surface area (Å²) in [7, 11) is -2.94. The van der Waals surface area contributed by atoms with Gasteiger partial charge in [0, 0.05) is 18.5 Å². The van der Waals surface area contributed by atoms with Crippen molar-refractivity contribution in [3.8, 4) is 0 Å². The number of rotatable bonds is 3. The minimum Gasteiger partial charge on any atom is -0.465 e. The van der Waals surface area contributed by atoms with E-state index in [-0.39, 0.29) is 12.4 Å². The summed E-state index contributed by atoms with van der Waals surface area (Å²) in [5.74, 6) is 0.859. The molecule has 2 aliphatic heterocycles. The second-order valence-corrected chi connectivity index (χ2v) is 14.6. The number of carboxylic acid groups (broad SMARTS) is 1. The molecular weight excluding hydrogens is 526 g/mol. The molecule has 0 aliphatic carbocycles. The lowest BCUT2D eigenvalue weighted by Gasteiger charge is -2.49. The van der Waals surface area contributed by atoms with Gasteiger partial charge in [-0.3, -0.25) is 14.0 Å². The first-order chi connectivity index (χ1) is 18.6. The zero-order valence-electron chi connectivity index (χ0n) is 24.1. The van der Waals surface area contributed by atoms with Crippen LogP contribution >= 0.6 is 10.6 Å². The molecule has 3 heterocycles.